The minimum Gasteiger partial charge on any atom is -0.493 e. The van der Waals surface area contributed by atoms with E-state index in [1.165, 1.54) is 20.0 Å². The highest BCUT2D eigenvalue weighted by molar-refractivity contribution is 9.10. The number of fused-ring (bicyclic) bond motifs is 3. The van der Waals surface area contributed by atoms with Crippen molar-refractivity contribution in [2.45, 2.75) is 50.6 Å². The molecule has 188 valence electrons. The Labute approximate surface area is 219 Å². The summed E-state index contributed by atoms with van der Waals surface area (Å²) < 4.78 is 23.4. The second kappa shape index (κ2) is 11.0. The van der Waals surface area contributed by atoms with Crippen LogP contribution in [-0.2, 0) is 6.42 Å². The fourth-order valence-corrected chi connectivity index (χ4v) is 6.19. The van der Waals surface area contributed by atoms with E-state index in [9.17, 15) is 4.79 Å². The largest absolute Gasteiger partial charge is 0.493 e. The molecule has 2 aromatic carbocycles. The third-order valence-electron chi connectivity index (χ3n) is 6.80. The van der Waals surface area contributed by atoms with Crippen LogP contribution in [0, 0.1) is 0 Å². The second-order valence-electron chi connectivity index (χ2n) is 8.74. The average molecular weight is 564 g/mol. The molecule has 1 fully saturated rings. The summed E-state index contributed by atoms with van der Waals surface area (Å²) in [6.45, 7) is 0. The van der Waals surface area contributed by atoms with Crippen molar-refractivity contribution in [3.8, 4) is 34.1 Å². The Morgan fingerprint density at radius 1 is 0.943 bits per heavy atom. The minimum absolute atomic E-state index is 0.197. The second-order valence-corrected chi connectivity index (χ2v) is 9.94. The first-order chi connectivity index (χ1) is 16.9. The highest BCUT2D eigenvalue weighted by Crippen LogP contribution is 2.54. The van der Waals surface area contributed by atoms with Crippen molar-refractivity contribution in [2.24, 2.45) is 0 Å². The number of ether oxygens (including phenoxy) is 4. The van der Waals surface area contributed by atoms with Gasteiger partial charge < -0.3 is 29.6 Å². The summed E-state index contributed by atoms with van der Waals surface area (Å²) in [4.78, 5) is 13.0. The van der Waals surface area contributed by atoms with Gasteiger partial charge in [0.05, 0.1) is 39.0 Å². The van der Waals surface area contributed by atoms with E-state index in [1.54, 1.807) is 33.5 Å². The van der Waals surface area contributed by atoms with Crippen molar-refractivity contribution in [1.29, 1.82) is 0 Å². The lowest BCUT2D eigenvalue weighted by Crippen LogP contribution is -2.42. The van der Waals surface area contributed by atoms with Gasteiger partial charge in [-0.2, -0.15) is 0 Å². The standard InChI is InChI=1S/C26H31BrN2O5S/c1-31-20-12-10-15-17(13-19(20)30)18(29-26(35)28-14-7-5-6-8-14)11-9-16-21(15)23(32-2)25(34-4)24(33-3)22(16)27/h10,12-14,18H,5-9,11H2,1-4H3,(H2,28,29,35)/t18-/m0/s1. The van der Waals surface area contributed by atoms with Crippen LogP contribution < -0.4 is 35.0 Å². The highest BCUT2D eigenvalue weighted by atomic mass is 79.9. The molecule has 0 unspecified atom stereocenters. The number of hydrogen-bond donors (Lipinski definition) is 2. The van der Waals surface area contributed by atoms with Crippen molar-refractivity contribution in [3.63, 3.8) is 0 Å². The summed E-state index contributed by atoms with van der Waals surface area (Å²) in [7, 11) is 6.29. The first kappa shape index (κ1) is 25.6. The molecule has 0 bridgehead atoms. The zero-order valence-corrected chi connectivity index (χ0v) is 22.9. The molecule has 0 radical (unpaired) electrons. The molecule has 1 atom stereocenters. The van der Waals surface area contributed by atoms with E-state index in [-0.39, 0.29) is 17.2 Å². The van der Waals surface area contributed by atoms with Crippen molar-refractivity contribution in [3.05, 3.63) is 44.0 Å². The van der Waals surface area contributed by atoms with Crippen molar-refractivity contribution in [1.82, 2.24) is 10.6 Å². The number of methoxy groups -OCH3 is 4. The predicted molar refractivity (Wildman–Crippen MR) is 144 cm³/mol. The summed E-state index contributed by atoms with van der Waals surface area (Å²) in [5.74, 6) is 1.87. The van der Waals surface area contributed by atoms with Gasteiger partial charge in [0.25, 0.3) is 0 Å². The van der Waals surface area contributed by atoms with E-state index in [4.69, 9.17) is 31.2 Å². The van der Waals surface area contributed by atoms with E-state index in [0.717, 1.165) is 39.6 Å². The lowest BCUT2D eigenvalue weighted by atomic mass is 9.95. The maximum absolute atomic E-state index is 13.0. The molecule has 0 aliphatic heterocycles. The van der Waals surface area contributed by atoms with E-state index < -0.39 is 0 Å². The molecule has 0 saturated heterocycles. The molecule has 2 aromatic rings. The fourth-order valence-electron chi connectivity index (χ4n) is 5.14. The van der Waals surface area contributed by atoms with Gasteiger partial charge in [0.15, 0.2) is 22.4 Å². The Bertz CT molecular complexity index is 1180. The van der Waals surface area contributed by atoms with Gasteiger partial charge in [-0.1, -0.05) is 18.9 Å². The normalized spacial score (nSPS) is 17.0. The Morgan fingerprint density at radius 3 is 2.26 bits per heavy atom. The quantitative estimate of drug-likeness (QED) is 0.481. The van der Waals surface area contributed by atoms with Crippen molar-refractivity contribution >= 4 is 33.3 Å². The average Bonchev–Trinajstić information content (AvgIpc) is 3.24. The fraction of sp³-hybridized carbons (Fsp3) is 0.462. The molecule has 2 N–H and O–H groups in total. The van der Waals surface area contributed by atoms with Crippen LogP contribution in [-0.4, -0.2) is 39.6 Å². The van der Waals surface area contributed by atoms with Gasteiger partial charge in [-0.25, -0.2) is 0 Å². The summed E-state index contributed by atoms with van der Waals surface area (Å²) >= 11 is 9.44. The van der Waals surface area contributed by atoms with Crippen LogP contribution in [0.15, 0.2) is 27.5 Å². The van der Waals surface area contributed by atoms with Crippen LogP contribution in [0.1, 0.15) is 49.3 Å². The minimum atomic E-state index is -0.197. The highest BCUT2D eigenvalue weighted by Gasteiger charge is 2.32. The maximum Gasteiger partial charge on any atom is 0.220 e. The molecule has 35 heavy (non-hydrogen) atoms. The summed E-state index contributed by atoms with van der Waals surface area (Å²) in [6, 6.07) is 5.44. The van der Waals surface area contributed by atoms with Crippen LogP contribution >= 0.6 is 28.1 Å². The third kappa shape index (κ3) is 4.93. The Balaban J connectivity index is 1.90. The van der Waals surface area contributed by atoms with E-state index in [0.29, 0.717) is 41.2 Å². The van der Waals surface area contributed by atoms with Gasteiger partial charge in [-0.15, -0.1) is 0 Å². The van der Waals surface area contributed by atoms with E-state index in [2.05, 4.69) is 26.6 Å². The van der Waals surface area contributed by atoms with Gasteiger partial charge in [0.2, 0.25) is 11.2 Å². The molecule has 9 heteroatoms. The Morgan fingerprint density at radius 2 is 1.63 bits per heavy atom. The number of nitrogens with one attached hydrogen (secondary N) is 2. The number of halogens is 1. The van der Waals surface area contributed by atoms with E-state index >= 15 is 0 Å². The predicted octanol–water partition coefficient (Wildman–Crippen LogP) is 4.90. The topological polar surface area (TPSA) is 78.0 Å². The number of thiocarbonyl (C=S) groups is 1. The van der Waals surface area contributed by atoms with Gasteiger partial charge in [-0.05, 0) is 82.7 Å². The Kier molecular flexibility index (Phi) is 8.06. The molecule has 0 amide bonds. The molecule has 0 spiro atoms. The van der Waals surface area contributed by atoms with Crippen molar-refractivity contribution in [2.75, 3.05) is 28.4 Å². The van der Waals surface area contributed by atoms with Gasteiger partial charge in [0.1, 0.15) is 0 Å². The van der Waals surface area contributed by atoms with Gasteiger partial charge in [-0.3, -0.25) is 4.79 Å². The third-order valence-corrected chi connectivity index (χ3v) is 7.88. The molecule has 2 aliphatic rings. The van der Waals surface area contributed by atoms with Crippen LogP contribution in [0.25, 0.3) is 11.1 Å². The van der Waals surface area contributed by atoms with Crippen LogP contribution in [0.3, 0.4) is 0 Å². The van der Waals surface area contributed by atoms with Crippen LogP contribution in [0.5, 0.6) is 23.0 Å². The first-order valence-electron chi connectivity index (χ1n) is 11.7. The maximum atomic E-state index is 13.0. The molecule has 0 aromatic heterocycles. The van der Waals surface area contributed by atoms with Crippen molar-refractivity contribution < 1.29 is 18.9 Å². The van der Waals surface area contributed by atoms with Crippen LogP contribution in [0.4, 0.5) is 0 Å². The summed E-state index contributed by atoms with van der Waals surface area (Å²) in [6.07, 6.45) is 6.07. The molecular formula is C26H31BrN2O5S. The van der Waals surface area contributed by atoms with Gasteiger partial charge >= 0.3 is 0 Å². The first-order valence-corrected chi connectivity index (χ1v) is 12.9. The molecular weight excluding hydrogens is 532 g/mol. The number of rotatable bonds is 6. The summed E-state index contributed by atoms with van der Waals surface area (Å²) in [5.41, 5.74) is 3.33. The number of benzene rings is 1. The Hall–Kier alpha value is -2.52. The molecule has 0 heterocycles. The molecule has 2 aliphatic carbocycles. The lowest BCUT2D eigenvalue weighted by molar-refractivity contribution is 0.323. The lowest BCUT2D eigenvalue weighted by Gasteiger charge is -2.23. The number of hydrogen-bond acceptors (Lipinski definition) is 6. The molecule has 1 saturated carbocycles. The van der Waals surface area contributed by atoms with E-state index in [1.807, 2.05) is 6.07 Å². The zero-order valence-electron chi connectivity index (χ0n) is 20.5. The van der Waals surface area contributed by atoms with Gasteiger partial charge in [0, 0.05) is 11.6 Å². The SMILES string of the molecule is COc1c(Br)c2c(c(OC)c1OC)-c1ccc(OC)c(=O)cc1[C@@H](NC(=S)NC1CCCC1)CC2. The zero-order chi connectivity index (χ0) is 25.1. The monoisotopic (exact) mass is 562 g/mol. The summed E-state index contributed by atoms with van der Waals surface area (Å²) in [5, 5.41) is 7.55. The molecule has 4 rings (SSSR count). The smallest absolute Gasteiger partial charge is 0.220 e. The molecule has 7 nitrogen and oxygen atoms in total. The van der Waals surface area contributed by atoms with Crippen LogP contribution in [0.2, 0.25) is 0 Å².